The largest absolute Gasteiger partial charge is 0.398 e. The quantitative estimate of drug-likeness (QED) is 0.830. The summed E-state index contributed by atoms with van der Waals surface area (Å²) in [6.45, 7) is 1.91. The lowest BCUT2D eigenvalue weighted by atomic mass is 10.1. The molecule has 110 valence electrons. The van der Waals surface area contributed by atoms with Crippen LogP contribution in [-0.4, -0.2) is 14.5 Å². The summed E-state index contributed by atoms with van der Waals surface area (Å²) < 4.78 is 28.2. The van der Waals surface area contributed by atoms with Gasteiger partial charge in [0.1, 0.15) is 4.90 Å². The van der Waals surface area contributed by atoms with Gasteiger partial charge in [-0.15, -0.1) is 0 Å². The van der Waals surface area contributed by atoms with Gasteiger partial charge in [0.15, 0.2) is 0 Å². The van der Waals surface area contributed by atoms with Gasteiger partial charge in [-0.3, -0.25) is 4.31 Å². The van der Waals surface area contributed by atoms with Crippen LogP contribution in [0.4, 0.5) is 11.4 Å². The molecule has 3 rings (SSSR count). The SMILES string of the molecule is CC1Cc2ccccc2N1S(=O)(=O)c1ccc(Br)cc1N. The fraction of sp³-hybridized carbons (Fsp3) is 0.200. The smallest absolute Gasteiger partial charge is 0.266 e. The lowest BCUT2D eigenvalue weighted by Crippen LogP contribution is -2.36. The molecule has 0 spiro atoms. The molecule has 1 unspecified atom stereocenters. The van der Waals surface area contributed by atoms with Crippen LogP contribution in [0.1, 0.15) is 12.5 Å². The number of sulfonamides is 1. The molecule has 0 radical (unpaired) electrons. The molecule has 1 heterocycles. The summed E-state index contributed by atoms with van der Waals surface area (Å²) in [4.78, 5) is 0.147. The Balaban J connectivity index is 2.15. The second-order valence-electron chi connectivity index (χ2n) is 5.16. The molecule has 0 amide bonds. The number of rotatable bonds is 2. The van der Waals surface area contributed by atoms with E-state index in [1.54, 1.807) is 18.2 Å². The maximum atomic E-state index is 13.0. The molecular formula is C15H15BrN2O2S. The molecule has 1 atom stereocenters. The van der Waals surface area contributed by atoms with Crippen molar-refractivity contribution < 1.29 is 8.42 Å². The summed E-state index contributed by atoms with van der Waals surface area (Å²) in [5.41, 5.74) is 7.94. The summed E-state index contributed by atoms with van der Waals surface area (Å²) in [6.07, 6.45) is 0.714. The Kier molecular flexibility index (Phi) is 3.45. The number of nitrogens with zero attached hydrogens (tertiary/aromatic N) is 1. The van der Waals surface area contributed by atoms with Crippen LogP contribution in [0.5, 0.6) is 0 Å². The van der Waals surface area contributed by atoms with E-state index in [-0.39, 0.29) is 16.6 Å². The van der Waals surface area contributed by atoms with Crippen LogP contribution in [0, 0.1) is 0 Å². The first kappa shape index (κ1) is 14.4. The molecule has 1 aliphatic heterocycles. The summed E-state index contributed by atoms with van der Waals surface area (Å²) in [7, 11) is -3.66. The minimum absolute atomic E-state index is 0.115. The van der Waals surface area contributed by atoms with Gasteiger partial charge in [0.05, 0.1) is 11.4 Å². The molecule has 2 N–H and O–H groups in total. The number of anilines is 2. The topological polar surface area (TPSA) is 63.4 Å². The standard InChI is InChI=1S/C15H15BrN2O2S/c1-10-8-11-4-2-3-5-14(11)18(10)21(19,20)15-7-6-12(16)9-13(15)17/h2-7,9-10H,8,17H2,1H3. The van der Waals surface area contributed by atoms with Gasteiger partial charge in [-0.2, -0.15) is 0 Å². The van der Waals surface area contributed by atoms with Gasteiger partial charge in [0.25, 0.3) is 10.0 Å². The van der Waals surface area contributed by atoms with Crippen LogP contribution in [-0.2, 0) is 16.4 Å². The third-order valence-electron chi connectivity index (χ3n) is 3.65. The average molecular weight is 367 g/mol. The number of hydrogen-bond acceptors (Lipinski definition) is 3. The summed E-state index contributed by atoms with van der Waals surface area (Å²) >= 11 is 3.30. The number of para-hydroxylation sites is 1. The molecule has 21 heavy (non-hydrogen) atoms. The van der Waals surface area contributed by atoms with Crippen LogP contribution in [0.3, 0.4) is 0 Å². The van der Waals surface area contributed by atoms with Crippen molar-refractivity contribution in [1.29, 1.82) is 0 Å². The van der Waals surface area contributed by atoms with Crippen molar-refractivity contribution >= 4 is 37.3 Å². The molecule has 0 bridgehead atoms. The first-order chi connectivity index (χ1) is 9.91. The Bertz CT molecular complexity index is 805. The van der Waals surface area contributed by atoms with Crippen LogP contribution < -0.4 is 10.0 Å². The zero-order chi connectivity index (χ0) is 15.2. The van der Waals surface area contributed by atoms with E-state index in [2.05, 4.69) is 15.9 Å². The summed E-state index contributed by atoms with van der Waals surface area (Å²) in [6, 6.07) is 12.3. The fourth-order valence-corrected chi connectivity index (χ4v) is 4.94. The van der Waals surface area contributed by atoms with Crippen molar-refractivity contribution in [2.45, 2.75) is 24.3 Å². The third-order valence-corrected chi connectivity index (χ3v) is 6.15. The van der Waals surface area contributed by atoms with Crippen LogP contribution in [0.25, 0.3) is 0 Å². The van der Waals surface area contributed by atoms with E-state index in [4.69, 9.17) is 5.73 Å². The van der Waals surface area contributed by atoms with Gasteiger partial charge in [-0.25, -0.2) is 8.42 Å². The first-order valence-corrected chi connectivity index (χ1v) is 8.82. The Morgan fingerprint density at radius 3 is 2.67 bits per heavy atom. The third kappa shape index (κ3) is 2.32. The predicted molar refractivity (Wildman–Crippen MR) is 87.8 cm³/mol. The van der Waals surface area contributed by atoms with E-state index in [9.17, 15) is 8.42 Å². The Morgan fingerprint density at radius 2 is 1.95 bits per heavy atom. The van der Waals surface area contributed by atoms with Gasteiger partial charge in [-0.05, 0) is 43.2 Å². The van der Waals surface area contributed by atoms with Crippen molar-refractivity contribution in [2.75, 3.05) is 10.0 Å². The fourth-order valence-electron chi connectivity index (χ4n) is 2.76. The van der Waals surface area contributed by atoms with Crippen molar-refractivity contribution in [3.05, 3.63) is 52.5 Å². The van der Waals surface area contributed by atoms with Gasteiger partial charge >= 0.3 is 0 Å². The highest BCUT2D eigenvalue weighted by atomic mass is 79.9. The zero-order valence-corrected chi connectivity index (χ0v) is 13.9. The minimum Gasteiger partial charge on any atom is -0.398 e. The Labute approximate surface area is 132 Å². The van der Waals surface area contributed by atoms with Gasteiger partial charge in [0.2, 0.25) is 0 Å². The number of benzene rings is 2. The second-order valence-corrected chi connectivity index (χ2v) is 7.86. The molecule has 0 fully saturated rings. The molecule has 0 saturated carbocycles. The maximum Gasteiger partial charge on any atom is 0.266 e. The monoisotopic (exact) mass is 366 g/mol. The number of fused-ring (bicyclic) bond motifs is 1. The molecule has 6 heteroatoms. The lowest BCUT2D eigenvalue weighted by Gasteiger charge is -2.25. The highest BCUT2D eigenvalue weighted by Gasteiger charge is 2.36. The molecule has 0 aromatic heterocycles. The van der Waals surface area contributed by atoms with Crippen LogP contribution >= 0.6 is 15.9 Å². The minimum atomic E-state index is -3.66. The van der Waals surface area contributed by atoms with Gasteiger partial charge in [0, 0.05) is 10.5 Å². The van der Waals surface area contributed by atoms with Crippen molar-refractivity contribution in [2.24, 2.45) is 0 Å². The molecule has 0 aliphatic carbocycles. The zero-order valence-electron chi connectivity index (χ0n) is 11.5. The van der Waals surface area contributed by atoms with Gasteiger partial charge < -0.3 is 5.73 Å². The molecule has 1 aliphatic rings. The summed E-state index contributed by atoms with van der Waals surface area (Å²) in [5.74, 6) is 0. The number of nitrogen functional groups attached to an aromatic ring is 1. The molecule has 2 aromatic carbocycles. The highest BCUT2D eigenvalue weighted by Crippen LogP contribution is 2.38. The van der Waals surface area contributed by atoms with Gasteiger partial charge in [-0.1, -0.05) is 34.1 Å². The summed E-state index contributed by atoms with van der Waals surface area (Å²) in [5, 5.41) is 0. The second kappa shape index (κ2) is 5.03. The molecule has 2 aromatic rings. The molecule has 0 saturated heterocycles. The van der Waals surface area contributed by atoms with E-state index in [0.29, 0.717) is 6.42 Å². The Morgan fingerprint density at radius 1 is 1.24 bits per heavy atom. The molecular weight excluding hydrogens is 352 g/mol. The van der Waals surface area contributed by atoms with E-state index in [0.717, 1.165) is 15.7 Å². The van der Waals surface area contributed by atoms with E-state index >= 15 is 0 Å². The van der Waals surface area contributed by atoms with E-state index in [1.165, 1.54) is 4.31 Å². The van der Waals surface area contributed by atoms with E-state index < -0.39 is 10.0 Å². The average Bonchev–Trinajstić information content (AvgIpc) is 2.74. The predicted octanol–water partition coefficient (Wildman–Crippen LogP) is 3.17. The first-order valence-electron chi connectivity index (χ1n) is 6.58. The van der Waals surface area contributed by atoms with E-state index in [1.807, 2.05) is 31.2 Å². The normalized spacial score (nSPS) is 17.8. The lowest BCUT2D eigenvalue weighted by molar-refractivity contribution is 0.584. The number of nitrogens with two attached hydrogens (primary N) is 1. The Hall–Kier alpha value is -1.53. The number of halogens is 1. The van der Waals surface area contributed by atoms with Crippen molar-refractivity contribution in [1.82, 2.24) is 0 Å². The van der Waals surface area contributed by atoms with Crippen molar-refractivity contribution in [3.8, 4) is 0 Å². The number of hydrogen-bond donors (Lipinski definition) is 1. The van der Waals surface area contributed by atoms with Crippen molar-refractivity contribution in [3.63, 3.8) is 0 Å². The van der Waals surface area contributed by atoms with Crippen LogP contribution in [0.2, 0.25) is 0 Å². The highest BCUT2D eigenvalue weighted by molar-refractivity contribution is 9.10. The molecule has 4 nitrogen and oxygen atoms in total. The maximum absolute atomic E-state index is 13.0. The van der Waals surface area contributed by atoms with Crippen LogP contribution in [0.15, 0.2) is 51.8 Å².